The van der Waals surface area contributed by atoms with Crippen LogP contribution in [0.2, 0.25) is 0 Å². The van der Waals surface area contributed by atoms with Crippen LogP contribution in [0, 0.1) is 11.3 Å². The first-order valence-electron chi connectivity index (χ1n) is 10.3. The fraction of sp³-hybridized carbons (Fsp3) is 0.571. The highest BCUT2D eigenvalue weighted by Crippen LogP contribution is 2.58. The van der Waals surface area contributed by atoms with Crippen LogP contribution >= 0.6 is 0 Å². The molecular weight excluding hydrogens is 338 g/mol. The summed E-state index contributed by atoms with van der Waals surface area (Å²) in [6.07, 6.45) is 7.95. The lowest BCUT2D eigenvalue weighted by atomic mass is 9.92. The maximum Gasteiger partial charge on any atom is 0.228 e. The molecule has 2 fully saturated rings. The standard InChI is InChI=1S/C21H27N5O/c27-20(17-14-21(17)9-11-22-12-10-21)23-16-7-5-15(6-8-16)19-25-24-18-4-2-1-3-13-26(18)19/h5-8,17,22H,1-4,9-14H2,(H,23,27). The molecule has 0 radical (unpaired) electrons. The summed E-state index contributed by atoms with van der Waals surface area (Å²) in [4.78, 5) is 12.6. The zero-order valence-corrected chi connectivity index (χ0v) is 15.7. The fourth-order valence-electron chi connectivity index (χ4n) is 4.83. The lowest BCUT2D eigenvalue weighted by Crippen LogP contribution is -2.31. The van der Waals surface area contributed by atoms with Gasteiger partial charge in [0.15, 0.2) is 5.82 Å². The van der Waals surface area contributed by atoms with E-state index in [1.165, 1.54) is 19.3 Å². The second kappa shape index (κ2) is 6.75. The molecule has 1 saturated carbocycles. The summed E-state index contributed by atoms with van der Waals surface area (Å²) in [5, 5.41) is 15.3. The van der Waals surface area contributed by atoms with Crippen LogP contribution in [-0.2, 0) is 17.8 Å². The number of anilines is 1. The third-order valence-corrected chi connectivity index (χ3v) is 6.63. The first kappa shape index (κ1) is 16.9. The van der Waals surface area contributed by atoms with Gasteiger partial charge in [0.2, 0.25) is 5.91 Å². The summed E-state index contributed by atoms with van der Waals surface area (Å²) in [6.45, 7) is 3.08. The molecule has 142 valence electrons. The Hall–Kier alpha value is -2.21. The number of piperidine rings is 1. The Balaban J connectivity index is 1.27. The highest BCUT2D eigenvalue weighted by molar-refractivity contribution is 5.95. The number of nitrogens with one attached hydrogen (secondary N) is 2. The molecule has 1 spiro atoms. The van der Waals surface area contributed by atoms with Crippen molar-refractivity contribution >= 4 is 11.6 Å². The van der Waals surface area contributed by atoms with Crippen molar-refractivity contribution in [2.45, 2.75) is 51.5 Å². The monoisotopic (exact) mass is 365 g/mol. The van der Waals surface area contributed by atoms with Crippen LogP contribution in [0.25, 0.3) is 11.4 Å². The molecule has 6 nitrogen and oxygen atoms in total. The maximum absolute atomic E-state index is 12.6. The van der Waals surface area contributed by atoms with E-state index in [4.69, 9.17) is 0 Å². The van der Waals surface area contributed by atoms with E-state index in [1.807, 2.05) is 24.3 Å². The minimum Gasteiger partial charge on any atom is -0.326 e. The van der Waals surface area contributed by atoms with Gasteiger partial charge in [0.1, 0.15) is 5.82 Å². The number of carbonyl (C=O) groups is 1. The molecule has 3 aliphatic rings. The number of aromatic nitrogens is 3. The van der Waals surface area contributed by atoms with Crippen LogP contribution < -0.4 is 10.6 Å². The number of hydrogen-bond acceptors (Lipinski definition) is 4. The van der Waals surface area contributed by atoms with Crippen molar-refractivity contribution in [3.05, 3.63) is 30.1 Å². The molecule has 6 heteroatoms. The van der Waals surface area contributed by atoms with E-state index in [2.05, 4.69) is 25.4 Å². The van der Waals surface area contributed by atoms with Gasteiger partial charge in [-0.3, -0.25) is 4.79 Å². The summed E-state index contributed by atoms with van der Waals surface area (Å²) in [5.74, 6) is 2.41. The number of benzene rings is 1. The topological polar surface area (TPSA) is 71.8 Å². The number of carbonyl (C=O) groups excluding carboxylic acids is 1. The lowest BCUT2D eigenvalue weighted by molar-refractivity contribution is -0.118. The lowest BCUT2D eigenvalue weighted by Gasteiger charge is -2.23. The largest absolute Gasteiger partial charge is 0.326 e. The van der Waals surface area contributed by atoms with Gasteiger partial charge in [0.25, 0.3) is 0 Å². The first-order valence-corrected chi connectivity index (χ1v) is 10.3. The predicted octanol–water partition coefficient (Wildman–Crippen LogP) is 3.00. The fourth-order valence-corrected chi connectivity index (χ4v) is 4.83. The van der Waals surface area contributed by atoms with E-state index < -0.39 is 0 Å². The molecule has 1 unspecified atom stereocenters. The number of amides is 1. The molecule has 0 bridgehead atoms. The SMILES string of the molecule is O=C(Nc1ccc(-c2nnc3n2CCCCC3)cc1)C1CC12CCNCC2. The number of hydrogen-bond donors (Lipinski definition) is 2. The molecule has 5 rings (SSSR count). The van der Waals surface area contributed by atoms with E-state index in [9.17, 15) is 4.79 Å². The van der Waals surface area contributed by atoms with Gasteiger partial charge in [0, 0.05) is 30.1 Å². The van der Waals surface area contributed by atoms with Crippen molar-refractivity contribution < 1.29 is 4.79 Å². The van der Waals surface area contributed by atoms with Crippen molar-refractivity contribution in [2.75, 3.05) is 18.4 Å². The summed E-state index contributed by atoms with van der Waals surface area (Å²) >= 11 is 0. The summed E-state index contributed by atoms with van der Waals surface area (Å²) in [5.41, 5.74) is 2.21. The second-order valence-corrected chi connectivity index (χ2v) is 8.34. The van der Waals surface area contributed by atoms with Crippen LogP contribution in [0.15, 0.2) is 24.3 Å². The molecular formula is C21H27N5O. The molecule has 1 aromatic heterocycles. The number of aryl methyl sites for hydroxylation is 1. The van der Waals surface area contributed by atoms with Gasteiger partial charge in [-0.1, -0.05) is 6.42 Å². The van der Waals surface area contributed by atoms with E-state index in [-0.39, 0.29) is 17.2 Å². The molecule has 1 saturated heterocycles. The summed E-state index contributed by atoms with van der Waals surface area (Å²) in [7, 11) is 0. The predicted molar refractivity (Wildman–Crippen MR) is 104 cm³/mol. The Morgan fingerprint density at radius 2 is 1.93 bits per heavy atom. The third-order valence-electron chi connectivity index (χ3n) is 6.63. The van der Waals surface area contributed by atoms with Gasteiger partial charge in [-0.2, -0.15) is 0 Å². The second-order valence-electron chi connectivity index (χ2n) is 8.34. The van der Waals surface area contributed by atoms with E-state index in [0.717, 1.165) is 68.2 Å². The van der Waals surface area contributed by atoms with Crippen LogP contribution in [-0.4, -0.2) is 33.8 Å². The van der Waals surface area contributed by atoms with Crippen molar-refractivity contribution in [1.82, 2.24) is 20.1 Å². The summed E-state index contributed by atoms with van der Waals surface area (Å²) in [6, 6.07) is 8.07. The zero-order chi connectivity index (χ0) is 18.3. The summed E-state index contributed by atoms with van der Waals surface area (Å²) < 4.78 is 2.26. The molecule has 2 aromatic rings. The normalized spacial score (nSPS) is 23.5. The minimum absolute atomic E-state index is 0.181. The quantitative estimate of drug-likeness (QED) is 0.877. The van der Waals surface area contributed by atoms with E-state index in [1.54, 1.807) is 0 Å². The van der Waals surface area contributed by atoms with E-state index in [0.29, 0.717) is 0 Å². The molecule has 1 aromatic carbocycles. The van der Waals surface area contributed by atoms with Gasteiger partial charge < -0.3 is 15.2 Å². The minimum atomic E-state index is 0.181. The molecule has 1 aliphatic carbocycles. The van der Waals surface area contributed by atoms with Gasteiger partial charge in [-0.05, 0) is 74.9 Å². The highest BCUT2D eigenvalue weighted by atomic mass is 16.2. The van der Waals surface area contributed by atoms with Crippen molar-refractivity contribution in [1.29, 1.82) is 0 Å². The average Bonchev–Trinajstić information content (AvgIpc) is 3.32. The Bertz CT molecular complexity index is 835. The van der Waals surface area contributed by atoms with Gasteiger partial charge >= 0.3 is 0 Å². The first-order chi connectivity index (χ1) is 13.3. The third kappa shape index (κ3) is 3.16. The number of rotatable bonds is 3. The van der Waals surface area contributed by atoms with Crippen molar-refractivity contribution in [3.8, 4) is 11.4 Å². The van der Waals surface area contributed by atoms with Gasteiger partial charge in [0.05, 0.1) is 0 Å². The zero-order valence-electron chi connectivity index (χ0n) is 15.7. The van der Waals surface area contributed by atoms with Gasteiger partial charge in [-0.15, -0.1) is 10.2 Å². The van der Waals surface area contributed by atoms with Crippen LogP contribution in [0.4, 0.5) is 5.69 Å². The molecule has 3 heterocycles. The van der Waals surface area contributed by atoms with Crippen LogP contribution in [0.1, 0.15) is 44.3 Å². The van der Waals surface area contributed by atoms with Crippen molar-refractivity contribution in [3.63, 3.8) is 0 Å². The maximum atomic E-state index is 12.6. The Morgan fingerprint density at radius 1 is 1.11 bits per heavy atom. The van der Waals surface area contributed by atoms with E-state index >= 15 is 0 Å². The smallest absolute Gasteiger partial charge is 0.228 e. The molecule has 2 N–H and O–H groups in total. The highest BCUT2D eigenvalue weighted by Gasteiger charge is 2.57. The molecule has 1 amide bonds. The average molecular weight is 365 g/mol. The number of nitrogens with zero attached hydrogens (tertiary/aromatic N) is 3. The molecule has 27 heavy (non-hydrogen) atoms. The Kier molecular flexibility index (Phi) is 4.23. The van der Waals surface area contributed by atoms with Crippen molar-refractivity contribution in [2.24, 2.45) is 11.3 Å². The molecule has 1 atom stereocenters. The number of fused-ring (bicyclic) bond motifs is 1. The Labute approximate surface area is 159 Å². The van der Waals surface area contributed by atoms with Crippen LogP contribution in [0.3, 0.4) is 0 Å². The van der Waals surface area contributed by atoms with Crippen LogP contribution in [0.5, 0.6) is 0 Å². The molecule has 2 aliphatic heterocycles. The Morgan fingerprint density at radius 3 is 2.74 bits per heavy atom. The van der Waals surface area contributed by atoms with Gasteiger partial charge in [-0.25, -0.2) is 0 Å².